The van der Waals surface area contributed by atoms with Gasteiger partial charge in [0.15, 0.2) is 0 Å². The van der Waals surface area contributed by atoms with E-state index in [9.17, 15) is 14.4 Å². The minimum absolute atomic E-state index is 0.115. The van der Waals surface area contributed by atoms with Crippen LogP contribution in [0.4, 0.5) is 0 Å². The van der Waals surface area contributed by atoms with E-state index in [0.717, 1.165) is 0 Å². The maximum atomic E-state index is 11.0. The summed E-state index contributed by atoms with van der Waals surface area (Å²) in [6.07, 6.45) is 0.460. The number of rotatable bonds is 6. The topological polar surface area (TPSA) is 92.7 Å². The maximum Gasteiger partial charge on any atom is 0.322 e. The van der Waals surface area contributed by atoms with Crippen LogP contribution < -0.4 is 5.32 Å². The Balaban J connectivity index is 3.71. The number of carbonyl (C=O) groups excluding carboxylic acids is 2. The molecule has 0 fully saturated rings. The van der Waals surface area contributed by atoms with Crippen LogP contribution in [0, 0.1) is 5.92 Å². The van der Waals surface area contributed by atoms with Crippen LogP contribution in [0.25, 0.3) is 0 Å². The van der Waals surface area contributed by atoms with E-state index in [0.29, 0.717) is 6.42 Å². The Morgan fingerprint density at radius 2 is 2.00 bits per heavy atom. The van der Waals surface area contributed by atoms with Crippen LogP contribution >= 0.6 is 0 Å². The molecule has 0 aliphatic heterocycles. The van der Waals surface area contributed by atoms with Gasteiger partial charge in [-0.15, -0.1) is 0 Å². The van der Waals surface area contributed by atoms with Gasteiger partial charge in [-0.25, -0.2) is 0 Å². The Labute approximate surface area is 87.6 Å². The lowest BCUT2D eigenvalue weighted by molar-refractivity contribution is -0.145. The second-order valence-electron chi connectivity index (χ2n) is 3.13. The highest BCUT2D eigenvalue weighted by atomic mass is 16.5. The third-order valence-corrected chi connectivity index (χ3v) is 1.84. The molecule has 1 atom stereocenters. The fourth-order valence-electron chi connectivity index (χ4n) is 0.929. The van der Waals surface area contributed by atoms with Crippen molar-refractivity contribution in [2.24, 2.45) is 5.92 Å². The number of aliphatic carboxylic acids is 1. The van der Waals surface area contributed by atoms with Crippen molar-refractivity contribution in [1.82, 2.24) is 5.32 Å². The van der Waals surface area contributed by atoms with Gasteiger partial charge in [-0.1, -0.05) is 6.92 Å². The molecule has 2 N–H and O–H groups in total. The van der Waals surface area contributed by atoms with E-state index in [-0.39, 0.29) is 24.2 Å². The first-order chi connectivity index (χ1) is 6.97. The molecule has 0 aromatic heterocycles. The average Bonchev–Trinajstić information content (AvgIpc) is 2.21. The van der Waals surface area contributed by atoms with E-state index in [1.54, 1.807) is 6.92 Å². The molecule has 1 amide bonds. The highest BCUT2D eigenvalue weighted by molar-refractivity contribution is 5.81. The molecule has 15 heavy (non-hydrogen) atoms. The summed E-state index contributed by atoms with van der Waals surface area (Å²) in [6.45, 7) is 1.25. The van der Waals surface area contributed by atoms with Gasteiger partial charge in [0.1, 0.15) is 6.54 Å². The molecule has 0 aromatic carbocycles. The molecule has 0 aliphatic carbocycles. The summed E-state index contributed by atoms with van der Waals surface area (Å²) in [4.78, 5) is 32.1. The van der Waals surface area contributed by atoms with E-state index in [1.165, 1.54) is 7.11 Å². The fraction of sp³-hybridized carbons (Fsp3) is 0.667. The van der Waals surface area contributed by atoms with Crippen molar-refractivity contribution in [3.05, 3.63) is 0 Å². The van der Waals surface area contributed by atoms with Crippen LogP contribution in [0.1, 0.15) is 19.8 Å². The van der Waals surface area contributed by atoms with Crippen LogP contribution in [-0.4, -0.2) is 36.6 Å². The Hall–Kier alpha value is -1.59. The van der Waals surface area contributed by atoms with Crippen LogP contribution in [0.3, 0.4) is 0 Å². The summed E-state index contributed by atoms with van der Waals surface area (Å²) in [5.74, 6) is -2.20. The predicted molar refractivity (Wildman–Crippen MR) is 51.1 cm³/mol. The Kier molecular flexibility index (Phi) is 6.08. The number of hydrogen-bond donors (Lipinski definition) is 2. The van der Waals surface area contributed by atoms with Gasteiger partial charge in [0.05, 0.1) is 13.0 Å². The van der Waals surface area contributed by atoms with E-state index in [2.05, 4.69) is 10.1 Å². The first-order valence-electron chi connectivity index (χ1n) is 4.53. The van der Waals surface area contributed by atoms with Gasteiger partial charge in [0.2, 0.25) is 5.91 Å². The summed E-state index contributed by atoms with van der Waals surface area (Å²) in [5.41, 5.74) is 0. The van der Waals surface area contributed by atoms with E-state index in [1.807, 2.05) is 0 Å². The number of ether oxygens (including phenoxy) is 1. The minimum Gasteiger partial charge on any atom is -0.480 e. The standard InChI is InChI=1S/C9H15NO5/c1-6(9(14)15-2)3-4-7(11)10-5-8(12)13/h6H,3-5H2,1-2H3,(H,10,11)(H,12,13). The van der Waals surface area contributed by atoms with Gasteiger partial charge in [0, 0.05) is 6.42 Å². The summed E-state index contributed by atoms with van der Waals surface area (Å²) in [6, 6.07) is 0. The molecule has 0 saturated heterocycles. The number of nitrogens with one attached hydrogen (secondary N) is 1. The van der Waals surface area contributed by atoms with Crippen LogP contribution in [0.2, 0.25) is 0 Å². The molecule has 86 valence electrons. The summed E-state index contributed by atoms with van der Waals surface area (Å²) in [7, 11) is 1.28. The number of carbonyl (C=O) groups is 3. The third kappa shape index (κ3) is 6.48. The largest absolute Gasteiger partial charge is 0.480 e. The predicted octanol–water partition coefficient (Wildman–Crippen LogP) is -0.223. The van der Waals surface area contributed by atoms with Crippen molar-refractivity contribution in [2.75, 3.05) is 13.7 Å². The lowest BCUT2D eigenvalue weighted by Gasteiger charge is -2.08. The Morgan fingerprint density at radius 3 is 2.47 bits per heavy atom. The number of hydrogen-bond acceptors (Lipinski definition) is 4. The minimum atomic E-state index is -1.09. The molecule has 0 radical (unpaired) electrons. The second-order valence-corrected chi connectivity index (χ2v) is 3.13. The van der Waals surface area contributed by atoms with Crippen LogP contribution in [0.15, 0.2) is 0 Å². The summed E-state index contributed by atoms with van der Waals surface area (Å²) >= 11 is 0. The van der Waals surface area contributed by atoms with Crippen molar-refractivity contribution < 1.29 is 24.2 Å². The quantitative estimate of drug-likeness (QED) is 0.600. The van der Waals surface area contributed by atoms with Crippen LogP contribution in [-0.2, 0) is 19.1 Å². The van der Waals surface area contributed by atoms with Crippen molar-refractivity contribution in [2.45, 2.75) is 19.8 Å². The first kappa shape index (κ1) is 13.4. The molecule has 0 aliphatic rings. The zero-order valence-electron chi connectivity index (χ0n) is 8.78. The van der Waals surface area contributed by atoms with Gasteiger partial charge < -0.3 is 15.2 Å². The van der Waals surface area contributed by atoms with E-state index in [4.69, 9.17) is 5.11 Å². The van der Waals surface area contributed by atoms with Crippen molar-refractivity contribution in [3.8, 4) is 0 Å². The number of methoxy groups -OCH3 is 1. The molecule has 0 aromatic rings. The molecular formula is C9H15NO5. The SMILES string of the molecule is COC(=O)C(C)CCC(=O)NCC(=O)O. The van der Waals surface area contributed by atoms with Gasteiger partial charge >= 0.3 is 11.9 Å². The molecule has 1 unspecified atom stereocenters. The average molecular weight is 217 g/mol. The highest BCUT2D eigenvalue weighted by Crippen LogP contribution is 2.06. The molecule has 0 heterocycles. The van der Waals surface area contributed by atoms with Crippen molar-refractivity contribution >= 4 is 17.8 Å². The molecular weight excluding hydrogens is 202 g/mol. The van der Waals surface area contributed by atoms with E-state index < -0.39 is 12.5 Å². The lowest BCUT2D eigenvalue weighted by atomic mass is 10.1. The van der Waals surface area contributed by atoms with Gasteiger partial charge in [0.25, 0.3) is 0 Å². The number of carboxylic acid groups (broad SMARTS) is 1. The third-order valence-electron chi connectivity index (χ3n) is 1.84. The lowest BCUT2D eigenvalue weighted by Crippen LogP contribution is -2.29. The number of carboxylic acids is 1. The highest BCUT2D eigenvalue weighted by Gasteiger charge is 2.14. The fourth-order valence-corrected chi connectivity index (χ4v) is 0.929. The first-order valence-corrected chi connectivity index (χ1v) is 4.53. The van der Waals surface area contributed by atoms with Gasteiger partial charge in [-0.3, -0.25) is 14.4 Å². The molecule has 0 saturated carbocycles. The number of esters is 1. The summed E-state index contributed by atoms with van der Waals surface area (Å²) < 4.78 is 4.48. The Bertz CT molecular complexity index is 251. The molecule has 0 rings (SSSR count). The number of amides is 1. The molecule has 0 spiro atoms. The summed E-state index contributed by atoms with van der Waals surface area (Å²) in [5, 5.41) is 10.5. The second kappa shape index (κ2) is 6.80. The Morgan fingerprint density at radius 1 is 1.40 bits per heavy atom. The zero-order chi connectivity index (χ0) is 11.8. The van der Waals surface area contributed by atoms with Gasteiger partial charge in [-0.2, -0.15) is 0 Å². The van der Waals surface area contributed by atoms with E-state index >= 15 is 0 Å². The molecule has 6 heteroatoms. The zero-order valence-corrected chi connectivity index (χ0v) is 8.78. The molecule has 6 nitrogen and oxygen atoms in total. The smallest absolute Gasteiger partial charge is 0.322 e. The van der Waals surface area contributed by atoms with Crippen molar-refractivity contribution in [1.29, 1.82) is 0 Å². The van der Waals surface area contributed by atoms with Gasteiger partial charge in [-0.05, 0) is 6.42 Å². The normalized spacial score (nSPS) is 11.6. The molecule has 0 bridgehead atoms. The van der Waals surface area contributed by atoms with Crippen molar-refractivity contribution in [3.63, 3.8) is 0 Å². The van der Waals surface area contributed by atoms with Crippen LogP contribution in [0.5, 0.6) is 0 Å². The monoisotopic (exact) mass is 217 g/mol. The maximum absolute atomic E-state index is 11.0.